The number of fused-ring (bicyclic) bond motifs is 3. The van der Waals surface area contributed by atoms with Crippen LogP contribution in [0.2, 0.25) is 10.0 Å². The third-order valence-electron chi connectivity index (χ3n) is 7.89. The van der Waals surface area contributed by atoms with E-state index < -0.39 is 39.8 Å². The van der Waals surface area contributed by atoms with Crippen LogP contribution >= 0.6 is 23.2 Å². The molecule has 12 heteroatoms. The van der Waals surface area contributed by atoms with Crippen molar-refractivity contribution < 1.29 is 32.2 Å². The van der Waals surface area contributed by atoms with Crippen LogP contribution < -0.4 is 10.1 Å². The molecule has 2 aliphatic heterocycles. The Morgan fingerprint density at radius 3 is 2.29 bits per heavy atom. The highest BCUT2D eigenvalue weighted by Gasteiger charge is 2.51. The van der Waals surface area contributed by atoms with Crippen LogP contribution in [0.5, 0.6) is 5.75 Å². The molecule has 1 saturated carbocycles. The molecular weight excluding hydrogens is 606 g/mol. The van der Waals surface area contributed by atoms with Gasteiger partial charge in [-0.15, -0.1) is 0 Å². The quantitative estimate of drug-likeness (QED) is 0.306. The number of rotatable bonds is 10. The van der Waals surface area contributed by atoms with Gasteiger partial charge in [-0.3, -0.25) is 4.79 Å². The fraction of sp³-hybridized carbons (Fsp3) is 0.333. The minimum Gasteiger partial charge on any atom is -0.486 e. The number of piperidine rings is 2. The summed E-state index contributed by atoms with van der Waals surface area (Å²) in [6.45, 7) is -0.0749. The second-order valence-corrected chi connectivity index (χ2v) is 13.2. The van der Waals surface area contributed by atoms with Gasteiger partial charge >= 0.3 is 5.97 Å². The van der Waals surface area contributed by atoms with E-state index in [-0.39, 0.29) is 35.6 Å². The Labute approximate surface area is 253 Å². The highest BCUT2D eigenvalue weighted by Crippen LogP contribution is 2.42. The van der Waals surface area contributed by atoms with Crippen molar-refractivity contribution in [1.29, 1.82) is 0 Å². The van der Waals surface area contributed by atoms with Crippen molar-refractivity contribution in [1.82, 2.24) is 9.62 Å². The second kappa shape index (κ2) is 12.6. The normalized spacial score (nSPS) is 21.1. The highest BCUT2D eigenvalue weighted by atomic mass is 35.5. The number of carbonyl (C=O) groups is 2. The Balaban J connectivity index is 1.31. The summed E-state index contributed by atoms with van der Waals surface area (Å²) in [6.07, 6.45) is 2.40. The monoisotopic (exact) mass is 634 g/mol. The van der Waals surface area contributed by atoms with Crippen LogP contribution in [0.15, 0.2) is 71.6 Å². The summed E-state index contributed by atoms with van der Waals surface area (Å²) in [5, 5.41) is 13.2. The van der Waals surface area contributed by atoms with Crippen molar-refractivity contribution >= 4 is 45.1 Å². The first-order valence-electron chi connectivity index (χ1n) is 13.5. The molecule has 2 atom stereocenters. The van der Waals surface area contributed by atoms with Gasteiger partial charge in [-0.05, 0) is 73.6 Å². The van der Waals surface area contributed by atoms with Gasteiger partial charge in [0.25, 0.3) is 0 Å². The molecule has 3 aromatic carbocycles. The molecule has 3 aromatic rings. The van der Waals surface area contributed by atoms with Crippen LogP contribution in [0, 0.1) is 11.7 Å². The fourth-order valence-corrected chi connectivity index (χ4v) is 8.22. The van der Waals surface area contributed by atoms with Crippen molar-refractivity contribution in [3.63, 3.8) is 0 Å². The number of sulfonamides is 1. The summed E-state index contributed by atoms with van der Waals surface area (Å²) < 4.78 is 49.0. The lowest BCUT2D eigenvalue weighted by atomic mass is 9.76. The van der Waals surface area contributed by atoms with Gasteiger partial charge in [0.2, 0.25) is 15.9 Å². The molecular formula is C30H29Cl2FN2O6S. The first kappa shape index (κ1) is 30.3. The number of nitrogens with zero attached hydrogens (tertiary/aromatic N) is 1. The molecule has 0 aromatic heterocycles. The number of aliphatic carboxylic acids is 1. The smallest absolute Gasteiger partial charge is 0.326 e. The SMILES string of the molecule is O=C(O)C(Cc1ccc(OCc2c(Cl)cccc2Cl)c(F)c1)NC(=O)C1C2CCC(CC2)N1S(=O)(=O)c1ccccc1. The Kier molecular flexibility index (Phi) is 9.08. The fourth-order valence-electron chi connectivity index (χ4n) is 5.80. The number of benzene rings is 3. The van der Waals surface area contributed by atoms with Gasteiger partial charge in [-0.25, -0.2) is 17.6 Å². The summed E-state index contributed by atoms with van der Waals surface area (Å²) in [5.74, 6) is -3.03. The van der Waals surface area contributed by atoms with E-state index in [1.54, 1.807) is 36.4 Å². The molecule has 2 bridgehead atoms. The molecule has 2 unspecified atom stereocenters. The minimum atomic E-state index is -4.00. The summed E-state index contributed by atoms with van der Waals surface area (Å²) >= 11 is 12.3. The van der Waals surface area contributed by atoms with E-state index in [1.165, 1.54) is 28.6 Å². The maximum Gasteiger partial charge on any atom is 0.326 e. The average molecular weight is 636 g/mol. The molecule has 8 nitrogen and oxygen atoms in total. The summed E-state index contributed by atoms with van der Waals surface area (Å²) in [4.78, 5) is 25.8. The lowest BCUT2D eigenvalue weighted by molar-refractivity contribution is -0.143. The number of carboxylic acids is 1. The maximum absolute atomic E-state index is 14.9. The van der Waals surface area contributed by atoms with E-state index in [9.17, 15) is 27.5 Å². The predicted octanol–water partition coefficient (Wildman–Crippen LogP) is 5.46. The lowest BCUT2D eigenvalue weighted by Crippen LogP contribution is -2.63. The van der Waals surface area contributed by atoms with Crippen LogP contribution in [-0.4, -0.2) is 47.8 Å². The highest BCUT2D eigenvalue weighted by molar-refractivity contribution is 7.89. The van der Waals surface area contributed by atoms with Crippen molar-refractivity contribution in [3.05, 3.63) is 93.7 Å². The molecule has 2 saturated heterocycles. The molecule has 0 radical (unpaired) electrons. The van der Waals surface area contributed by atoms with E-state index >= 15 is 0 Å². The largest absolute Gasteiger partial charge is 0.486 e. The molecule has 222 valence electrons. The molecule has 3 fully saturated rings. The summed E-state index contributed by atoms with van der Waals surface area (Å²) in [6, 6.07) is 14.1. The first-order chi connectivity index (χ1) is 20.1. The number of carboxylic acid groups (broad SMARTS) is 1. The van der Waals surface area contributed by atoms with E-state index in [0.29, 0.717) is 46.9 Å². The van der Waals surface area contributed by atoms with Gasteiger partial charge in [-0.1, -0.05) is 53.5 Å². The van der Waals surface area contributed by atoms with Crippen molar-refractivity contribution in [3.8, 4) is 5.75 Å². The zero-order valence-corrected chi connectivity index (χ0v) is 24.7. The van der Waals surface area contributed by atoms with Crippen LogP contribution in [0.1, 0.15) is 36.8 Å². The molecule has 2 N–H and O–H groups in total. The molecule has 3 aliphatic rings. The third kappa shape index (κ3) is 6.27. The predicted molar refractivity (Wildman–Crippen MR) is 155 cm³/mol. The van der Waals surface area contributed by atoms with Gasteiger partial charge in [0.1, 0.15) is 18.7 Å². The minimum absolute atomic E-state index is 0.0749. The van der Waals surface area contributed by atoms with Crippen LogP contribution in [0.3, 0.4) is 0 Å². The maximum atomic E-state index is 14.9. The molecule has 2 heterocycles. The van der Waals surface area contributed by atoms with E-state index in [1.807, 2.05) is 0 Å². The van der Waals surface area contributed by atoms with Gasteiger partial charge < -0.3 is 15.2 Å². The number of nitrogens with one attached hydrogen (secondary N) is 1. The van der Waals surface area contributed by atoms with Crippen molar-refractivity contribution in [2.75, 3.05) is 0 Å². The number of hydrogen-bond acceptors (Lipinski definition) is 5. The van der Waals surface area contributed by atoms with Crippen LogP contribution in [0.25, 0.3) is 0 Å². The number of ether oxygens (including phenoxy) is 1. The molecule has 1 aliphatic carbocycles. The standard InChI is InChI=1S/C30H29Cl2FN2O6S/c31-23-7-4-8-24(32)22(23)17-41-27-14-9-18(15-25(27)33)16-26(30(37)38)34-29(36)28-19-10-12-20(13-11-19)35(28)42(39,40)21-5-2-1-3-6-21/h1-9,14-15,19-20,26,28H,10-13,16-17H2,(H,34,36)(H,37,38). The average Bonchev–Trinajstić information content (AvgIpc) is 2.98. The molecule has 1 amide bonds. The first-order valence-corrected chi connectivity index (χ1v) is 15.7. The zero-order chi connectivity index (χ0) is 30.0. The molecule has 6 rings (SSSR count). The summed E-state index contributed by atoms with van der Waals surface area (Å²) in [5.41, 5.74) is 0.806. The Hall–Kier alpha value is -3.18. The Morgan fingerprint density at radius 1 is 1.00 bits per heavy atom. The van der Waals surface area contributed by atoms with Gasteiger partial charge in [0, 0.05) is 28.1 Å². The van der Waals surface area contributed by atoms with Gasteiger partial charge in [0.15, 0.2) is 11.6 Å². The third-order valence-corrected chi connectivity index (χ3v) is 10.6. The Bertz CT molecular complexity index is 1560. The number of carbonyl (C=O) groups excluding carboxylic acids is 1. The van der Waals surface area contributed by atoms with E-state index in [2.05, 4.69) is 5.32 Å². The van der Waals surface area contributed by atoms with Gasteiger partial charge in [0.05, 0.1) is 4.90 Å². The van der Waals surface area contributed by atoms with Crippen LogP contribution in [0.4, 0.5) is 4.39 Å². The number of halogens is 3. The number of hydrogen-bond donors (Lipinski definition) is 2. The molecule has 42 heavy (non-hydrogen) atoms. The second-order valence-electron chi connectivity index (χ2n) is 10.5. The summed E-state index contributed by atoms with van der Waals surface area (Å²) in [7, 11) is -4.00. The van der Waals surface area contributed by atoms with Crippen molar-refractivity contribution in [2.24, 2.45) is 5.92 Å². The van der Waals surface area contributed by atoms with Crippen molar-refractivity contribution in [2.45, 2.75) is 61.7 Å². The zero-order valence-electron chi connectivity index (χ0n) is 22.4. The lowest BCUT2D eigenvalue weighted by Gasteiger charge is -2.49. The Morgan fingerprint density at radius 2 is 1.67 bits per heavy atom. The van der Waals surface area contributed by atoms with E-state index in [4.69, 9.17) is 27.9 Å². The molecule has 0 spiro atoms. The van der Waals surface area contributed by atoms with Gasteiger partial charge in [-0.2, -0.15) is 4.31 Å². The van der Waals surface area contributed by atoms with E-state index in [0.717, 1.165) is 6.07 Å². The topological polar surface area (TPSA) is 113 Å². The van der Waals surface area contributed by atoms with Crippen LogP contribution in [-0.2, 0) is 32.6 Å². The number of amides is 1.